The van der Waals surface area contributed by atoms with Crippen LogP contribution >= 0.6 is 0 Å². The highest BCUT2D eigenvalue weighted by Gasteiger charge is 2.22. The summed E-state index contributed by atoms with van der Waals surface area (Å²) >= 11 is 0. The minimum absolute atomic E-state index is 0.0516. The summed E-state index contributed by atoms with van der Waals surface area (Å²) in [7, 11) is -3.74. The SMILES string of the molecule is Cc1nc(C)n(C(C)CNS(=O)(=O)c2ccc3c(c2)NC(=O)CO3)n1. The first-order valence-corrected chi connectivity index (χ1v) is 9.21. The molecule has 0 spiro atoms. The van der Waals surface area contributed by atoms with Crippen molar-refractivity contribution in [3.8, 4) is 5.75 Å². The number of benzene rings is 1. The number of sulfonamides is 1. The van der Waals surface area contributed by atoms with Gasteiger partial charge in [-0.05, 0) is 39.0 Å². The molecule has 1 unspecified atom stereocenters. The van der Waals surface area contributed by atoms with E-state index in [0.717, 1.165) is 5.82 Å². The van der Waals surface area contributed by atoms with Gasteiger partial charge in [-0.25, -0.2) is 22.8 Å². The van der Waals surface area contributed by atoms with E-state index in [1.165, 1.54) is 18.2 Å². The number of nitrogens with one attached hydrogen (secondary N) is 2. The van der Waals surface area contributed by atoms with Gasteiger partial charge in [0.05, 0.1) is 16.6 Å². The Morgan fingerprint density at radius 3 is 2.84 bits per heavy atom. The molecule has 3 rings (SSSR count). The largest absolute Gasteiger partial charge is 0.482 e. The van der Waals surface area contributed by atoms with Crippen molar-refractivity contribution in [2.75, 3.05) is 18.5 Å². The maximum Gasteiger partial charge on any atom is 0.262 e. The average Bonchev–Trinajstić information content (AvgIpc) is 2.90. The number of aryl methyl sites for hydroxylation is 2. The Labute approximate surface area is 145 Å². The molecular formula is C15H19N5O4S. The lowest BCUT2D eigenvalue weighted by Crippen LogP contribution is -2.31. The lowest BCUT2D eigenvalue weighted by molar-refractivity contribution is -0.118. The summed E-state index contributed by atoms with van der Waals surface area (Å²) in [6, 6.07) is 4.15. The van der Waals surface area contributed by atoms with Gasteiger partial charge in [0.2, 0.25) is 10.0 Å². The number of amides is 1. The van der Waals surface area contributed by atoms with Crippen LogP contribution in [0, 0.1) is 13.8 Å². The van der Waals surface area contributed by atoms with Gasteiger partial charge in [0, 0.05) is 6.54 Å². The molecule has 1 aliphatic rings. The van der Waals surface area contributed by atoms with Crippen molar-refractivity contribution >= 4 is 21.6 Å². The summed E-state index contributed by atoms with van der Waals surface area (Å²) in [6.45, 7) is 5.53. The molecule has 0 saturated heterocycles. The molecule has 0 fully saturated rings. The van der Waals surface area contributed by atoms with E-state index in [9.17, 15) is 13.2 Å². The van der Waals surface area contributed by atoms with Crippen LogP contribution in [0.5, 0.6) is 5.75 Å². The van der Waals surface area contributed by atoms with Crippen molar-refractivity contribution in [3.05, 3.63) is 29.8 Å². The predicted octanol–water partition coefficient (Wildman–Crippen LogP) is 0.765. The normalized spacial score (nSPS) is 15.2. The van der Waals surface area contributed by atoms with E-state index < -0.39 is 10.0 Å². The van der Waals surface area contributed by atoms with Gasteiger partial charge in [-0.3, -0.25) is 4.79 Å². The molecule has 2 N–H and O–H groups in total. The number of ether oxygens (including phenoxy) is 1. The standard InChI is InChI=1S/C15H19N5O4S/c1-9(20-11(3)17-10(2)19-20)7-16-25(22,23)12-4-5-14-13(6-12)18-15(21)8-24-14/h4-6,9,16H,7-8H2,1-3H3,(H,18,21). The maximum atomic E-state index is 12.5. The van der Waals surface area contributed by atoms with Crippen LogP contribution in [0.1, 0.15) is 24.6 Å². The van der Waals surface area contributed by atoms with Crippen LogP contribution in [0.4, 0.5) is 5.69 Å². The smallest absolute Gasteiger partial charge is 0.262 e. The molecule has 9 nitrogen and oxygen atoms in total. The van der Waals surface area contributed by atoms with Crippen molar-refractivity contribution in [1.82, 2.24) is 19.5 Å². The van der Waals surface area contributed by atoms with Crippen molar-refractivity contribution in [3.63, 3.8) is 0 Å². The van der Waals surface area contributed by atoms with E-state index in [-0.39, 0.29) is 30.0 Å². The minimum Gasteiger partial charge on any atom is -0.482 e. The van der Waals surface area contributed by atoms with Gasteiger partial charge < -0.3 is 10.1 Å². The molecule has 2 heterocycles. The number of anilines is 1. The highest BCUT2D eigenvalue weighted by atomic mass is 32.2. The first-order valence-electron chi connectivity index (χ1n) is 7.72. The summed E-state index contributed by atoms with van der Waals surface area (Å²) in [5, 5.41) is 6.85. The van der Waals surface area contributed by atoms with Gasteiger partial charge in [0.1, 0.15) is 17.4 Å². The third-order valence-corrected chi connectivity index (χ3v) is 5.21. The second-order valence-corrected chi connectivity index (χ2v) is 7.61. The predicted molar refractivity (Wildman–Crippen MR) is 90.0 cm³/mol. The fraction of sp³-hybridized carbons (Fsp3) is 0.400. The third-order valence-electron chi connectivity index (χ3n) is 3.79. The van der Waals surface area contributed by atoms with E-state index >= 15 is 0 Å². The first-order chi connectivity index (χ1) is 11.8. The molecule has 25 heavy (non-hydrogen) atoms. The molecule has 0 saturated carbocycles. The van der Waals surface area contributed by atoms with Gasteiger partial charge >= 0.3 is 0 Å². The highest BCUT2D eigenvalue weighted by molar-refractivity contribution is 7.89. The highest BCUT2D eigenvalue weighted by Crippen LogP contribution is 2.30. The lowest BCUT2D eigenvalue weighted by Gasteiger charge is -2.19. The van der Waals surface area contributed by atoms with Crippen molar-refractivity contribution in [1.29, 1.82) is 0 Å². The molecule has 0 radical (unpaired) electrons. The molecule has 1 aliphatic heterocycles. The number of nitrogens with zero attached hydrogens (tertiary/aromatic N) is 3. The fourth-order valence-corrected chi connectivity index (χ4v) is 3.73. The van der Waals surface area contributed by atoms with E-state index in [1.54, 1.807) is 11.6 Å². The molecule has 0 aliphatic carbocycles. The summed E-state index contributed by atoms with van der Waals surface area (Å²) in [5.41, 5.74) is 0.343. The van der Waals surface area contributed by atoms with E-state index in [2.05, 4.69) is 20.1 Å². The third kappa shape index (κ3) is 3.64. The van der Waals surface area contributed by atoms with Crippen LogP contribution in [0.2, 0.25) is 0 Å². The second-order valence-electron chi connectivity index (χ2n) is 5.85. The van der Waals surface area contributed by atoms with E-state index in [1.807, 2.05) is 13.8 Å². The quantitative estimate of drug-likeness (QED) is 0.808. The molecule has 1 amide bonds. The molecule has 0 bridgehead atoms. The lowest BCUT2D eigenvalue weighted by atomic mass is 10.2. The Hall–Kier alpha value is -2.46. The van der Waals surface area contributed by atoms with E-state index in [4.69, 9.17) is 4.74 Å². The summed E-state index contributed by atoms with van der Waals surface area (Å²) in [6.07, 6.45) is 0. The molecule has 134 valence electrons. The van der Waals surface area contributed by atoms with Crippen LogP contribution in [0.3, 0.4) is 0 Å². The molecule has 1 aromatic carbocycles. The van der Waals surface area contributed by atoms with Crippen LogP contribution in [0.15, 0.2) is 23.1 Å². The zero-order chi connectivity index (χ0) is 18.2. The van der Waals surface area contributed by atoms with Crippen LogP contribution in [-0.4, -0.2) is 42.2 Å². The molecule has 1 aromatic heterocycles. The number of rotatable bonds is 5. The van der Waals surface area contributed by atoms with Gasteiger partial charge in [0.15, 0.2) is 6.61 Å². The Morgan fingerprint density at radius 2 is 2.16 bits per heavy atom. The molecular weight excluding hydrogens is 346 g/mol. The maximum absolute atomic E-state index is 12.5. The van der Waals surface area contributed by atoms with Crippen molar-refractivity contribution in [2.45, 2.75) is 31.7 Å². The van der Waals surface area contributed by atoms with Gasteiger partial charge in [0.25, 0.3) is 5.91 Å². The molecule has 1 atom stereocenters. The Morgan fingerprint density at radius 1 is 1.40 bits per heavy atom. The Bertz CT molecular complexity index is 922. The van der Waals surface area contributed by atoms with E-state index in [0.29, 0.717) is 17.3 Å². The first kappa shape index (κ1) is 17.4. The number of aromatic nitrogens is 3. The van der Waals surface area contributed by atoms with Crippen LogP contribution < -0.4 is 14.8 Å². The average molecular weight is 365 g/mol. The number of hydrogen-bond acceptors (Lipinski definition) is 6. The van der Waals surface area contributed by atoms with Gasteiger partial charge in [-0.15, -0.1) is 0 Å². The molecule has 10 heteroatoms. The zero-order valence-corrected chi connectivity index (χ0v) is 14.9. The number of carbonyl (C=O) groups excluding carboxylic acids is 1. The Balaban J connectivity index is 1.75. The van der Waals surface area contributed by atoms with Gasteiger partial charge in [-0.2, -0.15) is 5.10 Å². The van der Waals surface area contributed by atoms with Crippen molar-refractivity contribution in [2.24, 2.45) is 0 Å². The minimum atomic E-state index is -3.74. The van der Waals surface area contributed by atoms with Crippen LogP contribution in [0.25, 0.3) is 0 Å². The number of carbonyl (C=O) groups is 1. The summed E-state index contributed by atoms with van der Waals surface area (Å²) in [4.78, 5) is 15.6. The molecule has 2 aromatic rings. The van der Waals surface area contributed by atoms with Gasteiger partial charge in [-0.1, -0.05) is 0 Å². The fourth-order valence-electron chi connectivity index (χ4n) is 2.58. The van der Waals surface area contributed by atoms with Crippen molar-refractivity contribution < 1.29 is 17.9 Å². The number of hydrogen-bond donors (Lipinski definition) is 2. The topological polar surface area (TPSA) is 115 Å². The zero-order valence-electron chi connectivity index (χ0n) is 14.1. The Kier molecular flexibility index (Phi) is 4.48. The monoisotopic (exact) mass is 365 g/mol. The van der Waals surface area contributed by atoms with Crippen LogP contribution in [-0.2, 0) is 14.8 Å². The second kappa shape index (κ2) is 6.45. The number of fused-ring (bicyclic) bond motifs is 1. The summed E-state index contributed by atoms with van der Waals surface area (Å²) in [5.74, 6) is 1.48. The summed E-state index contributed by atoms with van der Waals surface area (Å²) < 4.78 is 34.5.